The zero-order valence-electron chi connectivity index (χ0n) is 13.3. The van der Waals surface area contributed by atoms with E-state index in [0.29, 0.717) is 0 Å². The van der Waals surface area contributed by atoms with Gasteiger partial charge < -0.3 is 15.5 Å². The van der Waals surface area contributed by atoms with Gasteiger partial charge in [0.15, 0.2) is 0 Å². The van der Waals surface area contributed by atoms with Gasteiger partial charge in [0, 0.05) is 13.0 Å². The summed E-state index contributed by atoms with van der Waals surface area (Å²) >= 11 is 0. The Morgan fingerprint density at radius 2 is 1.70 bits per heavy atom. The van der Waals surface area contributed by atoms with E-state index >= 15 is 0 Å². The van der Waals surface area contributed by atoms with Crippen molar-refractivity contribution in [1.29, 1.82) is 0 Å². The van der Waals surface area contributed by atoms with Gasteiger partial charge in [-0.1, -0.05) is 40.5 Å². The van der Waals surface area contributed by atoms with Crippen LogP contribution in [0, 0.1) is 17.3 Å². The minimum absolute atomic E-state index is 0.0738. The van der Waals surface area contributed by atoms with Crippen LogP contribution in [-0.4, -0.2) is 34.7 Å². The molecule has 5 nitrogen and oxygen atoms in total. The monoisotopic (exact) mass is 287 g/mol. The van der Waals surface area contributed by atoms with E-state index in [9.17, 15) is 19.8 Å². The van der Waals surface area contributed by atoms with Crippen molar-refractivity contribution in [2.45, 2.75) is 60.0 Å². The van der Waals surface area contributed by atoms with Crippen molar-refractivity contribution in [3.8, 4) is 0 Å². The topological polar surface area (TPSA) is 86.6 Å². The van der Waals surface area contributed by atoms with E-state index in [1.807, 2.05) is 13.8 Å². The summed E-state index contributed by atoms with van der Waals surface area (Å²) in [5.41, 5.74) is -1.08. The van der Waals surface area contributed by atoms with E-state index in [4.69, 9.17) is 0 Å². The quantitative estimate of drug-likeness (QED) is 0.605. The molecule has 0 aromatic carbocycles. The minimum Gasteiger partial charge on any atom is -0.481 e. The summed E-state index contributed by atoms with van der Waals surface area (Å²) < 4.78 is 0. The van der Waals surface area contributed by atoms with Crippen LogP contribution in [0.1, 0.15) is 53.9 Å². The van der Waals surface area contributed by atoms with E-state index in [1.165, 1.54) is 0 Å². The van der Waals surface area contributed by atoms with Crippen molar-refractivity contribution in [1.82, 2.24) is 5.32 Å². The van der Waals surface area contributed by atoms with Crippen LogP contribution in [0.2, 0.25) is 0 Å². The average Bonchev–Trinajstić information content (AvgIpc) is 2.37. The number of carbonyl (C=O) groups is 2. The fourth-order valence-corrected chi connectivity index (χ4v) is 2.14. The molecule has 0 aromatic rings. The van der Waals surface area contributed by atoms with Crippen LogP contribution in [-0.2, 0) is 9.59 Å². The van der Waals surface area contributed by atoms with Gasteiger partial charge in [0.2, 0.25) is 5.91 Å². The lowest BCUT2D eigenvalue weighted by Gasteiger charge is -2.28. The fourth-order valence-electron chi connectivity index (χ4n) is 2.14. The van der Waals surface area contributed by atoms with Gasteiger partial charge in [0.25, 0.3) is 0 Å². The Labute approximate surface area is 121 Å². The maximum atomic E-state index is 11.9. The van der Waals surface area contributed by atoms with Gasteiger partial charge in [0.1, 0.15) is 0 Å². The largest absolute Gasteiger partial charge is 0.481 e. The molecule has 20 heavy (non-hydrogen) atoms. The van der Waals surface area contributed by atoms with E-state index in [1.54, 1.807) is 20.8 Å². The summed E-state index contributed by atoms with van der Waals surface area (Å²) in [6.45, 7) is 9.34. The number of aliphatic carboxylic acids is 1. The molecule has 0 aliphatic rings. The second-order valence-corrected chi connectivity index (χ2v) is 6.00. The second kappa shape index (κ2) is 8.25. The first-order valence-electron chi connectivity index (χ1n) is 7.37. The number of carboxylic acids is 1. The first kappa shape index (κ1) is 18.9. The molecule has 0 aliphatic carbocycles. The maximum Gasteiger partial charge on any atom is 0.310 e. The van der Waals surface area contributed by atoms with E-state index in [2.05, 4.69) is 5.32 Å². The normalized spacial score (nSPS) is 16.0. The Bertz CT molecular complexity index is 326. The molecular weight excluding hydrogens is 258 g/mol. The highest BCUT2D eigenvalue weighted by atomic mass is 16.4. The molecule has 0 spiro atoms. The maximum absolute atomic E-state index is 11.9. The predicted molar refractivity (Wildman–Crippen MR) is 78.3 cm³/mol. The molecule has 118 valence electrons. The third-order valence-electron chi connectivity index (χ3n) is 4.39. The van der Waals surface area contributed by atoms with E-state index in [0.717, 1.165) is 12.8 Å². The van der Waals surface area contributed by atoms with Gasteiger partial charge >= 0.3 is 5.97 Å². The highest BCUT2D eigenvalue weighted by Crippen LogP contribution is 2.31. The number of aliphatic hydroxyl groups excluding tert-OH is 1. The number of hydrogen-bond donors (Lipinski definition) is 3. The summed E-state index contributed by atoms with van der Waals surface area (Å²) in [4.78, 5) is 23.2. The zero-order valence-corrected chi connectivity index (χ0v) is 13.3. The van der Waals surface area contributed by atoms with Crippen molar-refractivity contribution < 1.29 is 19.8 Å². The van der Waals surface area contributed by atoms with Crippen molar-refractivity contribution in [3.63, 3.8) is 0 Å². The molecule has 0 fully saturated rings. The Morgan fingerprint density at radius 3 is 2.05 bits per heavy atom. The van der Waals surface area contributed by atoms with Gasteiger partial charge in [-0.15, -0.1) is 0 Å². The van der Waals surface area contributed by atoms with Crippen LogP contribution in [0.4, 0.5) is 0 Å². The smallest absolute Gasteiger partial charge is 0.310 e. The first-order chi connectivity index (χ1) is 9.18. The third kappa shape index (κ3) is 5.12. The first-order valence-corrected chi connectivity index (χ1v) is 7.37. The summed E-state index contributed by atoms with van der Waals surface area (Å²) in [7, 11) is 0. The van der Waals surface area contributed by atoms with Crippen LogP contribution in [0.15, 0.2) is 0 Å². The highest BCUT2D eigenvalue weighted by molar-refractivity contribution is 5.84. The molecule has 0 saturated heterocycles. The third-order valence-corrected chi connectivity index (χ3v) is 4.39. The Hall–Kier alpha value is -1.10. The minimum atomic E-state index is -1.08. The molecule has 0 aromatic heterocycles. The van der Waals surface area contributed by atoms with Crippen molar-refractivity contribution in [2.24, 2.45) is 17.3 Å². The molecule has 1 amide bonds. The summed E-state index contributed by atoms with van der Waals surface area (Å²) in [5.74, 6) is -1.28. The molecular formula is C15H29NO4. The number of carbonyl (C=O) groups excluding carboxylic acids is 1. The number of amides is 1. The Kier molecular flexibility index (Phi) is 7.79. The second-order valence-electron chi connectivity index (χ2n) is 6.00. The summed E-state index contributed by atoms with van der Waals surface area (Å²) in [5, 5.41) is 21.9. The number of rotatable bonds is 9. The molecule has 2 atom stereocenters. The van der Waals surface area contributed by atoms with Crippen molar-refractivity contribution in [3.05, 3.63) is 0 Å². The number of hydrogen-bond acceptors (Lipinski definition) is 3. The van der Waals surface area contributed by atoms with Gasteiger partial charge in [0.05, 0.1) is 11.5 Å². The van der Waals surface area contributed by atoms with E-state index in [-0.39, 0.29) is 30.7 Å². The van der Waals surface area contributed by atoms with Crippen LogP contribution in [0.5, 0.6) is 0 Å². The molecule has 5 heteroatoms. The van der Waals surface area contributed by atoms with Gasteiger partial charge in [-0.05, 0) is 18.8 Å². The van der Waals surface area contributed by atoms with Gasteiger partial charge in [-0.2, -0.15) is 0 Å². The number of nitrogens with one attached hydrogen (secondary N) is 1. The SMILES string of the molecule is CCC(CC)C(O)CNC(=O)CC(C)(C(=O)O)C(C)C. The summed E-state index contributed by atoms with van der Waals surface area (Å²) in [6.07, 6.45) is 1.05. The standard InChI is InChI=1S/C15H29NO4/c1-6-11(7-2)12(17)9-16-13(18)8-15(5,10(3)4)14(19)20/h10-12,17H,6-9H2,1-5H3,(H,16,18)(H,19,20). The van der Waals surface area contributed by atoms with E-state index < -0.39 is 17.5 Å². The Balaban J connectivity index is 4.46. The van der Waals surface area contributed by atoms with Gasteiger partial charge in [-0.25, -0.2) is 0 Å². The lowest BCUT2D eigenvalue weighted by atomic mass is 9.76. The molecule has 0 saturated carbocycles. The molecule has 0 bridgehead atoms. The highest BCUT2D eigenvalue weighted by Gasteiger charge is 2.38. The number of aliphatic hydroxyl groups is 1. The zero-order chi connectivity index (χ0) is 15.9. The Morgan fingerprint density at radius 1 is 1.20 bits per heavy atom. The van der Waals surface area contributed by atoms with Crippen LogP contribution >= 0.6 is 0 Å². The van der Waals surface area contributed by atoms with Crippen LogP contribution < -0.4 is 5.32 Å². The fraction of sp³-hybridized carbons (Fsp3) is 0.867. The average molecular weight is 287 g/mol. The van der Waals surface area contributed by atoms with Gasteiger partial charge in [-0.3, -0.25) is 9.59 Å². The molecule has 3 N–H and O–H groups in total. The molecule has 0 rings (SSSR count). The lowest BCUT2D eigenvalue weighted by Crippen LogP contribution is -2.42. The molecule has 2 unspecified atom stereocenters. The molecule has 0 heterocycles. The van der Waals surface area contributed by atoms with Crippen molar-refractivity contribution >= 4 is 11.9 Å². The number of carboxylic acid groups (broad SMARTS) is 1. The van der Waals surface area contributed by atoms with Crippen LogP contribution in [0.25, 0.3) is 0 Å². The predicted octanol–water partition coefficient (Wildman–Crippen LogP) is 2.04. The lowest BCUT2D eigenvalue weighted by molar-refractivity contribution is -0.153. The summed E-state index contributed by atoms with van der Waals surface area (Å²) in [6, 6.07) is 0. The van der Waals surface area contributed by atoms with Crippen molar-refractivity contribution in [2.75, 3.05) is 6.54 Å². The van der Waals surface area contributed by atoms with Crippen LogP contribution in [0.3, 0.4) is 0 Å². The molecule has 0 radical (unpaired) electrons. The molecule has 0 aliphatic heterocycles.